The van der Waals surface area contributed by atoms with Gasteiger partial charge in [0.15, 0.2) is 0 Å². The van der Waals surface area contributed by atoms with Crippen molar-refractivity contribution in [2.24, 2.45) is 0 Å². The lowest BCUT2D eigenvalue weighted by Crippen LogP contribution is -2.31. The number of hydrogen-bond donors (Lipinski definition) is 2. The van der Waals surface area contributed by atoms with Crippen LogP contribution in [0.1, 0.15) is 18.5 Å². The normalized spacial score (nSPS) is 12.1. The summed E-state index contributed by atoms with van der Waals surface area (Å²) in [6.45, 7) is 1.88. The van der Waals surface area contributed by atoms with Gasteiger partial charge < -0.3 is 15.2 Å². The molecule has 0 bridgehead atoms. The number of amides is 1. The van der Waals surface area contributed by atoms with Crippen LogP contribution in [0.25, 0.3) is 10.8 Å². The van der Waals surface area contributed by atoms with Gasteiger partial charge >= 0.3 is 6.09 Å². The Balaban J connectivity index is 2.22. The standard InChI is InChI=1S/C15H17NO3/c1-2-19-15(18)16-14(10-17)13-8-7-11-5-3-4-6-12(11)9-13/h3-9,14,17H,2,10H2,1H3,(H,16,18)/t14-/m0/s1. The molecule has 4 nitrogen and oxygen atoms in total. The highest BCUT2D eigenvalue weighted by Crippen LogP contribution is 2.20. The van der Waals surface area contributed by atoms with Crippen LogP contribution >= 0.6 is 0 Å². The topological polar surface area (TPSA) is 58.6 Å². The molecule has 0 aromatic heterocycles. The summed E-state index contributed by atoms with van der Waals surface area (Å²) in [6, 6.07) is 13.3. The van der Waals surface area contributed by atoms with Crippen molar-refractivity contribution < 1.29 is 14.6 Å². The van der Waals surface area contributed by atoms with Crippen molar-refractivity contribution in [3.05, 3.63) is 48.0 Å². The summed E-state index contributed by atoms with van der Waals surface area (Å²) in [5.41, 5.74) is 0.856. The van der Waals surface area contributed by atoms with Crippen molar-refractivity contribution in [3.63, 3.8) is 0 Å². The van der Waals surface area contributed by atoms with Crippen molar-refractivity contribution in [2.45, 2.75) is 13.0 Å². The number of carbonyl (C=O) groups excluding carboxylic acids is 1. The molecule has 19 heavy (non-hydrogen) atoms. The van der Waals surface area contributed by atoms with Gasteiger partial charge in [-0.3, -0.25) is 0 Å². The average molecular weight is 259 g/mol. The summed E-state index contributed by atoms with van der Waals surface area (Å²) in [5, 5.41) is 14.2. The highest BCUT2D eigenvalue weighted by Gasteiger charge is 2.14. The van der Waals surface area contributed by atoms with Gasteiger partial charge in [0.05, 0.1) is 19.3 Å². The van der Waals surface area contributed by atoms with E-state index in [1.165, 1.54) is 0 Å². The fourth-order valence-electron chi connectivity index (χ4n) is 1.97. The first-order valence-corrected chi connectivity index (χ1v) is 6.27. The van der Waals surface area contributed by atoms with E-state index in [-0.39, 0.29) is 6.61 Å². The van der Waals surface area contributed by atoms with E-state index in [1.54, 1.807) is 6.92 Å². The zero-order valence-corrected chi connectivity index (χ0v) is 10.8. The van der Waals surface area contributed by atoms with Crippen molar-refractivity contribution in [3.8, 4) is 0 Å². The van der Waals surface area contributed by atoms with E-state index in [2.05, 4.69) is 5.32 Å². The lowest BCUT2D eigenvalue weighted by Gasteiger charge is -2.16. The second-order valence-electron chi connectivity index (χ2n) is 4.21. The number of benzene rings is 2. The number of aliphatic hydroxyl groups is 1. The zero-order valence-electron chi connectivity index (χ0n) is 10.8. The van der Waals surface area contributed by atoms with Gasteiger partial charge in [-0.2, -0.15) is 0 Å². The van der Waals surface area contributed by atoms with E-state index in [0.717, 1.165) is 16.3 Å². The van der Waals surface area contributed by atoms with Crippen molar-refractivity contribution in [2.75, 3.05) is 13.2 Å². The molecule has 0 aliphatic carbocycles. The number of ether oxygens (including phenoxy) is 1. The summed E-state index contributed by atoms with van der Waals surface area (Å²) in [5.74, 6) is 0. The van der Waals surface area contributed by atoms with E-state index < -0.39 is 12.1 Å². The van der Waals surface area contributed by atoms with Gasteiger partial charge in [0.1, 0.15) is 0 Å². The van der Waals surface area contributed by atoms with Crippen LogP contribution in [0.15, 0.2) is 42.5 Å². The molecule has 0 fully saturated rings. The molecule has 0 spiro atoms. The van der Waals surface area contributed by atoms with Gasteiger partial charge in [0, 0.05) is 0 Å². The molecule has 0 saturated heterocycles. The van der Waals surface area contributed by atoms with Crippen molar-refractivity contribution in [1.82, 2.24) is 5.32 Å². The molecule has 0 unspecified atom stereocenters. The quantitative estimate of drug-likeness (QED) is 0.887. The molecule has 2 aromatic carbocycles. The van der Waals surface area contributed by atoms with Gasteiger partial charge in [-0.05, 0) is 29.3 Å². The summed E-state index contributed by atoms with van der Waals surface area (Å²) in [4.78, 5) is 11.4. The first-order chi connectivity index (χ1) is 9.24. The second-order valence-corrected chi connectivity index (χ2v) is 4.21. The molecule has 0 aliphatic rings. The van der Waals surface area contributed by atoms with Crippen LogP contribution in [0, 0.1) is 0 Å². The largest absolute Gasteiger partial charge is 0.450 e. The summed E-state index contributed by atoms with van der Waals surface area (Å²) < 4.78 is 4.82. The Bertz CT molecular complexity index is 568. The Hall–Kier alpha value is -2.07. The Kier molecular flexibility index (Phi) is 4.36. The third-order valence-electron chi connectivity index (χ3n) is 2.93. The molecule has 0 saturated carbocycles. The Morgan fingerprint density at radius 1 is 1.26 bits per heavy atom. The maximum Gasteiger partial charge on any atom is 0.407 e. The number of hydrogen-bond acceptors (Lipinski definition) is 3. The monoisotopic (exact) mass is 259 g/mol. The average Bonchev–Trinajstić information content (AvgIpc) is 2.44. The molecule has 2 N–H and O–H groups in total. The van der Waals surface area contributed by atoms with Crippen LogP contribution in [-0.4, -0.2) is 24.4 Å². The Morgan fingerprint density at radius 3 is 2.68 bits per heavy atom. The van der Waals surface area contributed by atoms with E-state index in [9.17, 15) is 9.90 Å². The number of rotatable bonds is 4. The van der Waals surface area contributed by atoms with Gasteiger partial charge in [-0.1, -0.05) is 36.4 Å². The van der Waals surface area contributed by atoms with Gasteiger partial charge in [-0.15, -0.1) is 0 Å². The minimum atomic E-state index is -0.519. The van der Waals surface area contributed by atoms with Crippen LogP contribution in [0.2, 0.25) is 0 Å². The van der Waals surface area contributed by atoms with Gasteiger partial charge in [-0.25, -0.2) is 4.79 Å². The summed E-state index contributed by atoms with van der Waals surface area (Å²) in [7, 11) is 0. The first kappa shape index (κ1) is 13.4. The third-order valence-corrected chi connectivity index (χ3v) is 2.93. The minimum Gasteiger partial charge on any atom is -0.450 e. The van der Waals surface area contributed by atoms with Crippen molar-refractivity contribution >= 4 is 16.9 Å². The molecule has 2 aromatic rings. The van der Waals surface area contributed by atoms with Crippen LogP contribution in [0.3, 0.4) is 0 Å². The number of carbonyl (C=O) groups is 1. The molecular formula is C15H17NO3. The molecule has 0 radical (unpaired) electrons. The Labute approximate surface area is 112 Å². The third kappa shape index (κ3) is 3.23. The highest BCUT2D eigenvalue weighted by molar-refractivity contribution is 5.83. The highest BCUT2D eigenvalue weighted by atomic mass is 16.5. The van der Waals surface area contributed by atoms with E-state index >= 15 is 0 Å². The van der Waals surface area contributed by atoms with Crippen molar-refractivity contribution in [1.29, 1.82) is 0 Å². The Morgan fingerprint density at radius 2 is 2.00 bits per heavy atom. The minimum absolute atomic E-state index is 0.169. The molecule has 2 rings (SSSR count). The predicted molar refractivity (Wildman–Crippen MR) is 73.9 cm³/mol. The molecule has 0 aliphatic heterocycles. The van der Waals surface area contributed by atoms with E-state index in [1.807, 2.05) is 42.5 Å². The maximum absolute atomic E-state index is 11.4. The lowest BCUT2D eigenvalue weighted by molar-refractivity contribution is 0.140. The van der Waals surface area contributed by atoms with Gasteiger partial charge in [0.2, 0.25) is 0 Å². The molecular weight excluding hydrogens is 242 g/mol. The van der Waals surface area contributed by atoms with E-state index in [0.29, 0.717) is 6.61 Å². The molecule has 0 heterocycles. The molecule has 4 heteroatoms. The maximum atomic E-state index is 11.4. The molecule has 1 amide bonds. The van der Waals surface area contributed by atoms with Crippen LogP contribution in [-0.2, 0) is 4.74 Å². The van der Waals surface area contributed by atoms with E-state index in [4.69, 9.17) is 4.74 Å². The number of fused-ring (bicyclic) bond motifs is 1. The van der Waals surface area contributed by atoms with Gasteiger partial charge in [0.25, 0.3) is 0 Å². The number of nitrogens with one attached hydrogen (secondary N) is 1. The number of aliphatic hydroxyl groups excluding tert-OH is 1. The zero-order chi connectivity index (χ0) is 13.7. The fraction of sp³-hybridized carbons (Fsp3) is 0.267. The van der Waals surface area contributed by atoms with Crippen LogP contribution in [0.5, 0.6) is 0 Å². The van der Waals surface area contributed by atoms with Crippen LogP contribution in [0.4, 0.5) is 4.79 Å². The SMILES string of the molecule is CCOC(=O)N[C@@H](CO)c1ccc2ccccc2c1. The predicted octanol–water partition coefficient (Wildman–Crippen LogP) is 2.62. The fourth-order valence-corrected chi connectivity index (χ4v) is 1.97. The summed E-state index contributed by atoms with van der Waals surface area (Å²) in [6.07, 6.45) is -0.519. The second kappa shape index (κ2) is 6.20. The lowest BCUT2D eigenvalue weighted by atomic mass is 10.0. The summed E-state index contributed by atoms with van der Waals surface area (Å²) >= 11 is 0. The van der Waals surface area contributed by atoms with Crippen LogP contribution < -0.4 is 5.32 Å². The number of alkyl carbamates (subject to hydrolysis) is 1. The first-order valence-electron chi connectivity index (χ1n) is 6.27. The molecule has 1 atom stereocenters. The smallest absolute Gasteiger partial charge is 0.407 e. The molecule has 100 valence electrons.